The molecule has 2 aromatic carbocycles. The lowest BCUT2D eigenvalue weighted by molar-refractivity contribution is -0.144. The second-order valence-electron chi connectivity index (χ2n) is 5.04. The molecule has 0 aliphatic rings. The molecular weight excluding hydrogens is 289 g/mol. The number of benzene rings is 2. The third kappa shape index (κ3) is 2.74. The zero-order valence-corrected chi connectivity index (χ0v) is 11.8. The first kappa shape index (κ1) is 14.4. The highest BCUT2D eigenvalue weighted by Gasteiger charge is 2.36. The van der Waals surface area contributed by atoms with Crippen molar-refractivity contribution in [2.45, 2.75) is 13.1 Å². The summed E-state index contributed by atoms with van der Waals surface area (Å²) in [5, 5.41) is 0. The van der Waals surface area contributed by atoms with Crippen molar-refractivity contribution in [1.29, 1.82) is 0 Å². The third-order valence-corrected chi connectivity index (χ3v) is 3.36. The van der Waals surface area contributed by atoms with Crippen LogP contribution >= 0.6 is 0 Å². The highest BCUT2D eigenvalue weighted by Crippen LogP contribution is 2.35. The van der Waals surface area contributed by atoms with Gasteiger partial charge in [0.25, 0.3) is 0 Å². The van der Waals surface area contributed by atoms with Crippen molar-refractivity contribution in [2.75, 3.05) is 0 Å². The van der Waals surface area contributed by atoms with Gasteiger partial charge in [-0.1, -0.05) is 60.2 Å². The summed E-state index contributed by atoms with van der Waals surface area (Å²) in [5.41, 5.74) is 3.03. The highest BCUT2D eigenvalue weighted by atomic mass is 19.4. The molecule has 3 aromatic rings. The molecule has 0 aliphatic heterocycles. The third-order valence-electron chi connectivity index (χ3n) is 3.36. The van der Waals surface area contributed by atoms with Crippen molar-refractivity contribution in [3.63, 3.8) is 0 Å². The molecule has 0 saturated carbocycles. The number of rotatable bonds is 2. The molecule has 0 aliphatic carbocycles. The molecule has 0 bridgehead atoms. The Bertz CT molecular complexity index is 772. The fraction of sp³-hybridized carbons (Fsp3) is 0.118. The number of aryl methyl sites for hydroxylation is 1. The fourth-order valence-corrected chi connectivity index (χ4v) is 2.24. The summed E-state index contributed by atoms with van der Waals surface area (Å²) >= 11 is 0. The lowest BCUT2D eigenvalue weighted by atomic mass is 10.0. The van der Waals surface area contributed by atoms with Crippen LogP contribution in [-0.4, -0.2) is 9.97 Å². The molecule has 1 heterocycles. The van der Waals surface area contributed by atoms with Crippen molar-refractivity contribution in [1.82, 2.24) is 9.97 Å². The van der Waals surface area contributed by atoms with Gasteiger partial charge in [0, 0.05) is 11.1 Å². The number of nitrogens with one attached hydrogen (secondary N) is 1. The average molecular weight is 302 g/mol. The first-order valence-corrected chi connectivity index (χ1v) is 6.75. The molecule has 1 aromatic heterocycles. The molecule has 0 atom stereocenters. The average Bonchev–Trinajstić information content (AvgIpc) is 2.94. The van der Waals surface area contributed by atoms with Gasteiger partial charge in [-0.2, -0.15) is 13.2 Å². The second-order valence-corrected chi connectivity index (χ2v) is 5.04. The lowest BCUT2D eigenvalue weighted by Crippen LogP contribution is -2.07. The number of aromatic nitrogens is 2. The van der Waals surface area contributed by atoms with Gasteiger partial charge in [-0.15, -0.1) is 0 Å². The number of imidazole rings is 1. The standard InChI is InChI=1S/C17H13F3N2/c1-11-7-9-13(10-8-11)15-14(12-5-3-2-4-6-12)21-16(22-15)17(18,19)20/h2-10H,1H3,(H,21,22). The summed E-state index contributed by atoms with van der Waals surface area (Å²) in [6.07, 6.45) is -4.51. The van der Waals surface area contributed by atoms with E-state index in [2.05, 4.69) is 9.97 Å². The van der Waals surface area contributed by atoms with Crippen molar-refractivity contribution in [3.05, 3.63) is 66.0 Å². The van der Waals surface area contributed by atoms with Gasteiger partial charge in [0.15, 0.2) is 0 Å². The molecule has 0 amide bonds. The van der Waals surface area contributed by atoms with Crippen molar-refractivity contribution >= 4 is 0 Å². The molecule has 3 rings (SSSR count). The summed E-state index contributed by atoms with van der Waals surface area (Å²) in [5.74, 6) is -0.984. The van der Waals surface area contributed by atoms with Gasteiger partial charge in [0.2, 0.25) is 5.82 Å². The van der Waals surface area contributed by atoms with E-state index in [1.807, 2.05) is 25.1 Å². The minimum Gasteiger partial charge on any atom is -0.334 e. The smallest absolute Gasteiger partial charge is 0.334 e. The Hall–Kier alpha value is -2.56. The van der Waals surface area contributed by atoms with E-state index < -0.39 is 12.0 Å². The monoisotopic (exact) mass is 302 g/mol. The van der Waals surface area contributed by atoms with E-state index in [4.69, 9.17) is 0 Å². The van der Waals surface area contributed by atoms with Gasteiger partial charge in [0.05, 0.1) is 11.4 Å². The van der Waals surface area contributed by atoms with Crippen LogP contribution in [-0.2, 0) is 6.18 Å². The predicted octanol–water partition coefficient (Wildman–Crippen LogP) is 5.07. The normalized spacial score (nSPS) is 11.6. The van der Waals surface area contributed by atoms with Gasteiger partial charge >= 0.3 is 6.18 Å². The summed E-state index contributed by atoms with van der Waals surface area (Å²) in [4.78, 5) is 6.19. The van der Waals surface area contributed by atoms with E-state index >= 15 is 0 Å². The van der Waals surface area contributed by atoms with Crippen LogP contribution in [0.2, 0.25) is 0 Å². The van der Waals surface area contributed by atoms with Crippen LogP contribution in [0.4, 0.5) is 13.2 Å². The number of nitrogens with zero attached hydrogens (tertiary/aromatic N) is 1. The summed E-state index contributed by atoms with van der Waals surface area (Å²) < 4.78 is 38.9. The van der Waals surface area contributed by atoms with E-state index in [-0.39, 0.29) is 0 Å². The second kappa shape index (κ2) is 5.33. The molecular formula is C17H13F3N2. The summed E-state index contributed by atoms with van der Waals surface area (Å²) in [6, 6.07) is 16.1. The van der Waals surface area contributed by atoms with E-state index in [0.29, 0.717) is 22.5 Å². The Kier molecular flexibility index (Phi) is 3.48. The van der Waals surface area contributed by atoms with Crippen LogP contribution < -0.4 is 0 Å². The molecule has 2 nitrogen and oxygen atoms in total. The zero-order valence-electron chi connectivity index (χ0n) is 11.8. The minimum atomic E-state index is -4.51. The van der Waals surface area contributed by atoms with Crippen LogP contribution in [0.1, 0.15) is 11.4 Å². The zero-order chi connectivity index (χ0) is 15.7. The van der Waals surface area contributed by atoms with Gasteiger partial charge in [-0.25, -0.2) is 4.98 Å². The molecule has 22 heavy (non-hydrogen) atoms. The maximum atomic E-state index is 13.0. The molecule has 0 unspecified atom stereocenters. The van der Waals surface area contributed by atoms with Crippen LogP contribution in [0.25, 0.3) is 22.5 Å². The Morgan fingerprint density at radius 1 is 0.864 bits per heavy atom. The Balaban J connectivity index is 2.19. The van der Waals surface area contributed by atoms with Crippen LogP contribution in [0.5, 0.6) is 0 Å². The van der Waals surface area contributed by atoms with Gasteiger partial charge in [-0.3, -0.25) is 0 Å². The minimum absolute atomic E-state index is 0.304. The number of aromatic amines is 1. The van der Waals surface area contributed by atoms with Crippen LogP contribution in [0.15, 0.2) is 54.6 Å². The molecule has 112 valence electrons. The van der Waals surface area contributed by atoms with Gasteiger partial charge < -0.3 is 4.98 Å². The molecule has 0 radical (unpaired) electrons. The molecule has 1 N–H and O–H groups in total. The van der Waals surface area contributed by atoms with E-state index in [9.17, 15) is 13.2 Å². The highest BCUT2D eigenvalue weighted by molar-refractivity contribution is 5.78. The lowest BCUT2D eigenvalue weighted by Gasteiger charge is -2.03. The summed E-state index contributed by atoms with van der Waals surface area (Å²) in [6.45, 7) is 1.92. The summed E-state index contributed by atoms with van der Waals surface area (Å²) in [7, 11) is 0. The number of H-pyrrole nitrogens is 1. The quantitative estimate of drug-likeness (QED) is 0.703. The first-order chi connectivity index (χ1) is 10.4. The Morgan fingerprint density at radius 2 is 1.50 bits per heavy atom. The van der Waals surface area contributed by atoms with Crippen LogP contribution in [0, 0.1) is 6.92 Å². The molecule has 5 heteroatoms. The van der Waals surface area contributed by atoms with Gasteiger partial charge in [-0.05, 0) is 6.92 Å². The number of hydrogen-bond acceptors (Lipinski definition) is 1. The van der Waals surface area contributed by atoms with Crippen molar-refractivity contribution < 1.29 is 13.2 Å². The topological polar surface area (TPSA) is 28.7 Å². The van der Waals surface area contributed by atoms with Crippen molar-refractivity contribution in [2.24, 2.45) is 0 Å². The SMILES string of the molecule is Cc1ccc(-c2nc(C(F)(F)F)[nH]c2-c2ccccc2)cc1. The number of halogens is 3. The Labute approximate surface area is 125 Å². The maximum absolute atomic E-state index is 13.0. The Morgan fingerprint density at radius 3 is 2.09 bits per heavy atom. The molecule has 0 spiro atoms. The van der Waals surface area contributed by atoms with E-state index in [1.165, 1.54) is 0 Å². The molecule has 0 fully saturated rings. The predicted molar refractivity (Wildman–Crippen MR) is 79.2 cm³/mol. The first-order valence-electron chi connectivity index (χ1n) is 6.75. The van der Waals surface area contributed by atoms with Gasteiger partial charge in [0.1, 0.15) is 0 Å². The largest absolute Gasteiger partial charge is 0.449 e. The van der Waals surface area contributed by atoms with E-state index in [1.54, 1.807) is 36.4 Å². The van der Waals surface area contributed by atoms with Crippen molar-refractivity contribution in [3.8, 4) is 22.5 Å². The fourth-order valence-electron chi connectivity index (χ4n) is 2.24. The van der Waals surface area contributed by atoms with Crippen LogP contribution in [0.3, 0.4) is 0 Å². The number of hydrogen-bond donors (Lipinski definition) is 1. The van der Waals surface area contributed by atoms with E-state index in [0.717, 1.165) is 5.56 Å². The maximum Gasteiger partial charge on any atom is 0.449 e. The number of alkyl halides is 3. The molecule has 0 saturated heterocycles.